The van der Waals surface area contributed by atoms with Gasteiger partial charge >= 0.3 is 0 Å². The zero-order valence-electron chi connectivity index (χ0n) is 19.4. The predicted octanol–water partition coefficient (Wildman–Crippen LogP) is 3.93. The second kappa shape index (κ2) is 10.5. The summed E-state index contributed by atoms with van der Waals surface area (Å²) in [6.45, 7) is 5.90. The number of aromatic amines is 1. The Bertz CT molecular complexity index is 1080. The normalized spacial score (nSPS) is 19.8. The van der Waals surface area contributed by atoms with E-state index in [2.05, 4.69) is 51.3 Å². The largest absolute Gasteiger partial charge is 0.491 e. The molecule has 0 unspecified atom stereocenters. The smallest absolute Gasteiger partial charge is 0.219 e. The molecule has 0 spiro atoms. The highest BCUT2D eigenvalue weighted by molar-refractivity contribution is 8.00. The average Bonchev–Trinajstić information content (AvgIpc) is 3.50. The third kappa shape index (κ3) is 5.23. The summed E-state index contributed by atoms with van der Waals surface area (Å²) in [7, 11) is 0. The Labute approximate surface area is 204 Å². The number of nitrogens with one attached hydrogen (secondary N) is 1. The van der Waals surface area contributed by atoms with Gasteiger partial charge in [-0.1, -0.05) is 18.2 Å². The van der Waals surface area contributed by atoms with E-state index in [4.69, 9.17) is 9.47 Å². The van der Waals surface area contributed by atoms with Gasteiger partial charge in [0.2, 0.25) is 5.91 Å². The van der Waals surface area contributed by atoms with Crippen molar-refractivity contribution in [3.63, 3.8) is 0 Å². The fourth-order valence-electron chi connectivity index (χ4n) is 4.56. The maximum absolute atomic E-state index is 11.5. The lowest BCUT2D eigenvalue weighted by molar-refractivity contribution is -0.129. The van der Waals surface area contributed by atoms with Crippen LogP contribution in [0, 0.1) is 0 Å². The Hall–Kier alpha value is -2.97. The molecule has 0 bridgehead atoms. The van der Waals surface area contributed by atoms with Crippen LogP contribution in [-0.2, 0) is 16.0 Å². The molecule has 0 radical (unpaired) electrons. The number of fused-ring (bicyclic) bond motifs is 1. The number of amides is 1. The quantitative estimate of drug-likeness (QED) is 0.495. The van der Waals surface area contributed by atoms with Gasteiger partial charge < -0.3 is 24.3 Å². The van der Waals surface area contributed by atoms with Gasteiger partial charge in [-0.2, -0.15) is 0 Å². The lowest BCUT2D eigenvalue weighted by Gasteiger charge is -2.35. The lowest BCUT2D eigenvalue weighted by Crippen LogP contribution is -2.48. The number of nitrogens with zero attached hydrogens (tertiary/aromatic N) is 3. The fourth-order valence-corrected chi connectivity index (χ4v) is 5.95. The molecule has 1 saturated heterocycles. The van der Waals surface area contributed by atoms with Crippen LogP contribution >= 0.6 is 11.8 Å². The van der Waals surface area contributed by atoms with Gasteiger partial charge in [0.15, 0.2) is 0 Å². The molecule has 1 N–H and O–H groups in total. The number of thioether (sulfide) groups is 1. The summed E-state index contributed by atoms with van der Waals surface area (Å²) in [5.74, 6) is 1.97. The minimum Gasteiger partial charge on any atom is -0.491 e. The molecule has 2 atom stereocenters. The second-order valence-corrected chi connectivity index (χ2v) is 9.84. The molecule has 1 fully saturated rings. The molecular weight excluding hydrogens is 448 g/mol. The molecule has 3 aromatic rings. The van der Waals surface area contributed by atoms with E-state index in [1.807, 2.05) is 35.0 Å². The summed E-state index contributed by atoms with van der Waals surface area (Å²) in [5.41, 5.74) is 2.41. The molecule has 2 aromatic carbocycles. The van der Waals surface area contributed by atoms with Gasteiger partial charge in [-0.25, -0.2) is 4.98 Å². The number of benzene rings is 2. The highest BCUT2D eigenvalue weighted by Crippen LogP contribution is 2.46. The summed E-state index contributed by atoms with van der Waals surface area (Å²) in [6.07, 6.45) is 4.51. The van der Waals surface area contributed by atoms with Gasteiger partial charge in [0, 0.05) is 67.8 Å². The van der Waals surface area contributed by atoms with Crippen molar-refractivity contribution in [3.05, 3.63) is 72.3 Å². The number of imidazole rings is 1. The average molecular weight is 479 g/mol. The first-order valence-corrected chi connectivity index (χ1v) is 12.6. The molecule has 5 rings (SSSR count). The summed E-state index contributed by atoms with van der Waals surface area (Å²) in [5, 5.41) is 0.284. The summed E-state index contributed by atoms with van der Waals surface area (Å²) >= 11 is 1.86. The van der Waals surface area contributed by atoms with Gasteiger partial charge in [0.05, 0.1) is 12.7 Å². The molecule has 7 nitrogen and oxygen atoms in total. The molecule has 0 aliphatic carbocycles. The molecule has 178 valence electrons. The zero-order chi connectivity index (χ0) is 23.3. The topological polar surface area (TPSA) is 70.7 Å². The van der Waals surface area contributed by atoms with Crippen molar-refractivity contribution in [2.24, 2.45) is 0 Å². The van der Waals surface area contributed by atoms with Crippen molar-refractivity contribution in [2.75, 3.05) is 44.3 Å². The van der Waals surface area contributed by atoms with Crippen LogP contribution in [-0.4, -0.2) is 65.4 Å². The Morgan fingerprint density at radius 3 is 2.62 bits per heavy atom. The van der Waals surface area contributed by atoms with Crippen molar-refractivity contribution in [2.45, 2.75) is 29.6 Å². The van der Waals surface area contributed by atoms with Crippen LogP contribution in [0.3, 0.4) is 0 Å². The lowest BCUT2D eigenvalue weighted by atomic mass is 10.0. The van der Waals surface area contributed by atoms with Crippen molar-refractivity contribution in [3.8, 4) is 5.75 Å². The molecule has 2 aliphatic heterocycles. The predicted molar refractivity (Wildman–Crippen MR) is 133 cm³/mol. The minimum atomic E-state index is 0.0194. The molecule has 2 aliphatic rings. The van der Waals surface area contributed by atoms with Crippen LogP contribution in [0.25, 0.3) is 0 Å². The van der Waals surface area contributed by atoms with Crippen molar-refractivity contribution in [1.82, 2.24) is 14.9 Å². The number of ether oxygens (including phenoxy) is 2. The standard InChI is InChI=1S/C26H30N4O3S/c1-19(31)29-12-14-30(15-13-29)20-6-8-21(9-7-20)32-16-17-33-26-22-4-2-3-5-23(22)34-24(26)18-25-27-10-11-28-25/h2-11,24,26H,12-18H2,1H3,(H,27,28)/t24-,26-/m0/s1. The third-order valence-corrected chi connectivity index (χ3v) is 7.71. The van der Waals surface area contributed by atoms with E-state index in [0.717, 1.165) is 49.9 Å². The van der Waals surface area contributed by atoms with Crippen molar-refractivity contribution >= 4 is 23.4 Å². The number of rotatable bonds is 8. The maximum atomic E-state index is 11.5. The van der Waals surface area contributed by atoms with Crippen LogP contribution in [0.5, 0.6) is 5.75 Å². The summed E-state index contributed by atoms with van der Waals surface area (Å²) in [4.78, 5) is 24.6. The van der Waals surface area contributed by atoms with Crippen molar-refractivity contribution < 1.29 is 14.3 Å². The van der Waals surface area contributed by atoms with E-state index in [9.17, 15) is 4.79 Å². The number of piperazine rings is 1. The Kier molecular flexibility index (Phi) is 7.06. The number of hydrogen-bond acceptors (Lipinski definition) is 6. The van der Waals surface area contributed by atoms with Crippen LogP contribution in [0.15, 0.2) is 65.8 Å². The highest BCUT2D eigenvalue weighted by Gasteiger charge is 2.34. The first-order valence-electron chi connectivity index (χ1n) is 11.8. The van der Waals surface area contributed by atoms with E-state index in [0.29, 0.717) is 13.2 Å². The molecule has 8 heteroatoms. The highest BCUT2D eigenvalue weighted by atomic mass is 32.2. The molecule has 3 heterocycles. The minimum absolute atomic E-state index is 0.0194. The van der Waals surface area contributed by atoms with Crippen LogP contribution in [0.4, 0.5) is 5.69 Å². The SMILES string of the molecule is CC(=O)N1CCN(c2ccc(OCCO[C@H]3c4ccccc4S[C@H]3Cc3ncc[nH]3)cc2)CC1. The van der Waals surface area contributed by atoms with E-state index < -0.39 is 0 Å². The summed E-state index contributed by atoms with van der Waals surface area (Å²) in [6, 6.07) is 16.7. The van der Waals surface area contributed by atoms with E-state index in [1.54, 1.807) is 13.1 Å². The van der Waals surface area contributed by atoms with Crippen molar-refractivity contribution in [1.29, 1.82) is 0 Å². The Morgan fingerprint density at radius 1 is 1.09 bits per heavy atom. The fraction of sp³-hybridized carbons (Fsp3) is 0.385. The van der Waals surface area contributed by atoms with Crippen LogP contribution in [0.2, 0.25) is 0 Å². The van der Waals surface area contributed by atoms with Gasteiger partial charge in [-0.05, 0) is 35.9 Å². The first kappa shape index (κ1) is 22.8. The van der Waals surface area contributed by atoms with E-state index in [1.165, 1.54) is 10.5 Å². The number of aromatic nitrogens is 2. The summed E-state index contributed by atoms with van der Waals surface area (Å²) < 4.78 is 12.3. The van der Waals surface area contributed by atoms with E-state index in [-0.39, 0.29) is 17.3 Å². The first-order chi connectivity index (χ1) is 16.7. The number of H-pyrrole nitrogens is 1. The van der Waals surface area contributed by atoms with Gasteiger partial charge in [0.1, 0.15) is 18.2 Å². The maximum Gasteiger partial charge on any atom is 0.219 e. The Morgan fingerprint density at radius 2 is 1.88 bits per heavy atom. The van der Waals surface area contributed by atoms with Gasteiger partial charge in [-0.15, -0.1) is 11.8 Å². The third-order valence-electron chi connectivity index (χ3n) is 6.37. The van der Waals surface area contributed by atoms with Crippen LogP contribution < -0.4 is 9.64 Å². The van der Waals surface area contributed by atoms with E-state index >= 15 is 0 Å². The number of carbonyl (C=O) groups is 1. The Balaban J connectivity index is 1.12. The molecule has 1 amide bonds. The molecule has 0 saturated carbocycles. The van der Waals surface area contributed by atoms with Gasteiger partial charge in [0.25, 0.3) is 0 Å². The molecule has 1 aromatic heterocycles. The number of hydrogen-bond donors (Lipinski definition) is 1. The van der Waals surface area contributed by atoms with Gasteiger partial charge in [-0.3, -0.25) is 4.79 Å². The zero-order valence-corrected chi connectivity index (χ0v) is 20.2. The number of anilines is 1. The molecular formula is C26H30N4O3S. The monoisotopic (exact) mass is 478 g/mol. The molecule has 34 heavy (non-hydrogen) atoms. The second-order valence-electron chi connectivity index (χ2n) is 8.56. The van der Waals surface area contributed by atoms with Crippen LogP contribution in [0.1, 0.15) is 24.4 Å². The number of carbonyl (C=O) groups excluding carboxylic acids is 1.